The van der Waals surface area contributed by atoms with E-state index in [1.54, 1.807) is 43.3 Å². The van der Waals surface area contributed by atoms with Crippen LogP contribution in [0.3, 0.4) is 0 Å². The van der Waals surface area contributed by atoms with Crippen molar-refractivity contribution in [3.8, 4) is 0 Å². The zero-order valence-corrected chi connectivity index (χ0v) is 19.6. The topological polar surface area (TPSA) is 108 Å². The van der Waals surface area contributed by atoms with Crippen molar-refractivity contribution in [2.45, 2.75) is 32.7 Å². The van der Waals surface area contributed by atoms with E-state index in [1.165, 1.54) is 12.8 Å². The maximum absolute atomic E-state index is 12.8. The number of benzene rings is 2. The predicted molar refractivity (Wildman–Crippen MR) is 133 cm³/mol. The quantitative estimate of drug-likeness (QED) is 0.528. The Morgan fingerprint density at radius 3 is 2.14 bits per heavy atom. The molecule has 2 aliphatic heterocycles. The number of hydrogen-bond acceptors (Lipinski definition) is 7. The molecule has 2 aromatic carbocycles. The summed E-state index contributed by atoms with van der Waals surface area (Å²) in [6.07, 6.45) is 2.34. The molecule has 3 aromatic rings. The molecule has 5 rings (SSSR count). The van der Waals surface area contributed by atoms with Crippen molar-refractivity contribution in [1.82, 2.24) is 14.9 Å². The van der Waals surface area contributed by atoms with E-state index in [0.717, 1.165) is 35.2 Å². The standard InChI is InChI=1S/C26H26N6O3/c1-16-15-22(31-13-5-6-14-31)30-26(27-16)29-19-11-9-18(10-12-19)28-23(33)17(2)32-24(34)20-7-3-4-8-21(20)25(32)35/h3-4,7-12,15,17H,5-6,13-14H2,1-2H3,(H,28,33)(H,27,29,30)/t17-/m0/s1. The highest BCUT2D eigenvalue weighted by atomic mass is 16.2. The van der Waals surface area contributed by atoms with Gasteiger partial charge in [0, 0.05) is 36.2 Å². The van der Waals surface area contributed by atoms with Crippen LogP contribution in [-0.2, 0) is 4.79 Å². The third-order valence-electron chi connectivity index (χ3n) is 6.27. The van der Waals surface area contributed by atoms with Gasteiger partial charge in [-0.3, -0.25) is 19.3 Å². The van der Waals surface area contributed by atoms with Gasteiger partial charge in [0.2, 0.25) is 11.9 Å². The second-order valence-electron chi connectivity index (χ2n) is 8.78. The number of nitrogens with zero attached hydrogens (tertiary/aromatic N) is 4. The fourth-order valence-corrected chi connectivity index (χ4v) is 4.41. The molecule has 3 heterocycles. The summed E-state index contributed by atoms with van der Waals surface area (Å²) in [7, 11) is 0. The Bertz CT molecular complexity index is 1270. The Balaban J connectivity index is 1.24. The Hall–Kier alpha value is -4.27. The van der Waals surface area contributed by atoms with Gasteiger partial charge in [-0.15, -0.1) is 0 Å². The lowest BCUT2D eigenvalue weighted by Gasteiger charge is -2.21. The van der Waals surface area contributed by atoms with Crippen molar-refractivity contribution >= 4 is 40.9 Å². The fourth-order valence-electron chi connectivity index (χ4n) is 4.41. The second kappa shape index (κ2) is 9.17. The highest BCUT2D eigenvalue weighted by Crippen LogP contribution is 2.26. The monoisotopic (exact) mass is 470 g/mol. The molecule has 35 heavy (non-hydrogen) atoms. The van der Waals surface area contributed by atoms with E-state index >= 15 is 0 Å². The predicted octanol–water partition coefficient (Wildman–Crippen LogP) is 3.75. The number of fused-ring (bicyclic) bond motifs is 1. The molecule has 0 radical (unpaired) electrons. The zero-order chi connectivity index (χ0) is 24.5. The van der Waals surface area contributed by atoms with Crippen LogP contribution in [0.25, 0.3) is 0 Å². The number of aryl methyl sites for hydroxylation is 1. The van der Waals surface area contributed by atoms with Crippen LogP contribution in [0.4, 0.5) is 23.1 Å². The van der Waals surface area contributed by atoms with E-state index < -0.39 is 23.8 Å². The van der Waals surface area contributed by atoms with E-state index in [4.69, 9.17) is 0 Å². The van der Waals surface area contributed by atoms with Crippen LogP contribution in [0.5, 0.6) is 0 Å². The average molecular weight is 471 g/mol. The van der Waals surface area contributed by atoms with Crippen LogP contribution < -0.4 is 15.5 Å². The lowest BCUT2D eigenvalue weighted by Crippen LogP contribution is -2.45. The number of nitrogens with one attached hydrogen (secondary N) is 2. The van der Waals surface area contributed by atoms with E-state index in [0.29, 0.717) is 22.8 Å². The first-order valence-corrected chi connectivity index (χ1v) is 11.7. The number of aromatic nitrogens is 2. The molecule has 9 nitrogen and oxygen atoms in total. The van der Waals surface area contributed by atoms with E-state index in [2.05, 4.69) is 25.5 Å². The van der Waals surface area contributed by atoms with Crippen LogP contribution in [0, 0.1) is 6.92 Å². The number of hydrogen-bond donors (Lipinski definition) is 2. The van der Waals surface area contributed by atoms with E-state index in [1.807, 2.05) is 25.1 Å². The first-order chi connectivity index (χ1) is 16.9. The molecule has 0 saturated carbocycles. The van der Waals surface area contributed by atoms with Gasteiger partial charge < -0.3 is 15.5 Å². The van der Waals surface area contributed by atoms with E-state index in [9.17, 15) is 14.4 Å². The normalized spacial score (nSPS) is 15.8. The Labute approximate surface area is 203 Å². The number of carbonyl (C=O) groups excluding carboxylic acids is 3. The minimum Gasteiger partial charge on any atom is -0.356 e. The van der Waals surface area contributed by atoms with Crippen LogP contribution in [-0.4, -0.2) is 51.7 Å². The number of rotatable bonds is 6. The molecule has 0 aliphatic carbocycles. The SMILES string of the molecule is Cc1cc(N2CCCC2)nc(Nc2ccc(NC(=O)[C@H](C)N3C(=O)c4ccccc4C3=O)cc2)n1. The Morgan fingerprint density at radius 2 is 1.51 bits per heavy atom. The smallest absolute Gasteiger partial charge is 0.262 e. The Kier molecular flexibility index (Phi) is 5.90. The van der Waals surface area contributed by atoms with Crippen molar-refractivity contribution in [2.24, 2.45) is 0 Å². The molecule has 0 unspecified atom stereocenters. The molecule has 178 valence electrons. The first kappa shape index (κ1) is 22.5. The summed E-state index contributed by atoms with van der Waals surface area (Å²) >= 11 is 0. The summed E-state index contributed by atoms with van der Waals surface area (Å²) in [5.41, 5.74) is 2.84. The molecule has 1 saturated heterocycles. The van der Waals surface area contributed by atoms with Gasteiger partial charge >= 0.3 is 0 Å². The van der Waals surface area contributed by atoms with Gasteiger partial charge in [0.15, 0.2) is 0 Å². The van der Waals surface area contributed by atoms with Crippen molar-refractivity contribution in [2.75, 3.05) is 28.6 Å². The molecule has 1 atom stereocenters. The van der Waals surface area contributed by atoms with Crippen molar-refractivity contribution in [1.29, 1.82) is 0 Å². The lowest BCUT2D eigenvalue weighted by atomic mass is 10.1. The van der Waals surface area contributed by atoms with Crippen LogP contribution in [0.2, 0.25) is 0 Å². The minimum atomic E-state index is -0.954. The van der Waals surface area contributed by atoms with Gasteiger partial charge in [-0.1, -0.05) is 12.1 Å². The number of amides is 3. The van der Waals surface area contributed by atoms with Gasteiger partial charge in [0.05, 0.1) is 11.1 Å². The zero-order valence-electron chi connectivity index (χ0n) is 19.6. The summed E-state index contributed by atoms with van der Waals surface area (Å²) < 4.78 is 0. The molecule has 1 aromatic heterocycles. The highest BCUT2D eigenvalue weighted by molar-refractivity contribution is 6.23. The molecule has 2 aliphatic rings. The molecular formula is C26H26N6O3. The molecule has 0 spiro atoms. The van der Waals surface area contributed by atoms with Crippen LogP contribution in [0.1, 0.15) is 46.2 Å². The number of anilines is 4. The van der Waals surface area contributed by atoms with Gasteiger partial charge in [-0.05, 0) is 63.1 Å². The molecule has 1 fully saturated rings. The van der Waals surface area contributed by atoms with Gasteiger partial charge in [-0.25, -0.2) is 4.98 Å². The van der Waals surface area contributed by atoms with E-state index in [-0.39, 0.29) is 0 Å². The van der Waals surface area contributed by atoms with Crippen LogP contribution in [0.15, 0.2) is 54.6 Å². The maximum atomic E-state index is 12.8. The summed E-state index contributed by atoms with van der Waals surface area (Å²) in [6.45, 7) is 5.49. The summed E-state index contributed by atoms with van der Waals surface area (Å²) in [4.78, 5) is 50.5. The molecule has 3 amide bonds. The molecule has 2 N–H and O–H groups in total. The number of carbonyl (C=O) groups is 3. The Morgan fingerprint density at radius 1 is 0.914 bits per heavy atom. The largest absolute Gasteiger partial charge is 0.356 e. The van der Waals surface area contributed by atoms with Gasteiger partial charge in [-0.2, -0.15) is 4.98 Å². The maximum Gasteiger partial charge on any atom is 0.262 e. The second-order valence-corrected chi connectivity index (χ2v) is 8.78. The molecule has 9 heteroatoms. The fraction of sp³-hybridized carbons (Fsp3) is 0.269. The van der Waals surface area contributed by atoms with Gasteiger partial charge in [0.25, 0.3) is 11.8 Å². The van der Waals surface area contributed by atoms with Crippen molar-refractivity contribution in [3.05, 3.63) is 71.4 Å². The van der Waals surface area contributed by atoms with Crippen molar-refractivity contribution < 1.29 is 14.4 Å². The summed E-state index contributed by atoms with van der Waals surface area (Å²) in [5, 5.41) is 6.00. The summed E-state index contributed by atoms with van der Waals surface area (Å²) in [6, 6.07) is 14.7. The molecule has 0 bridgehead atoms. The highest BCUT2D eigenvalue weighted by Gasteiger charge is 2.40. The van der Waals surface area contributed by atoms with Crippen molar-refractivity contribution in [3.63, 3.8) is 0 Å². The molecular weight excluding hydrogens is 444 g/mol. The van der Waals surface area contributed by atoms with Crippen LogP contribution >= 0.6 is 0 Å². The lowest BCUT2D eigenvalue weighted by molar-refractivity contribution is -0.119. The average Bonchev–Trinajstić information content (AvgIpc) is 3.47. The third kappa shape index (κ3) is 4.44. The minimum absolute atomic E-state index is 0.318. The van der Waals surface area contributed by atoms with Gasteiger partial charge in [0.1, 0.15) is 11.9 Å². The third-order valence-corrected chi connectivity index (χ3v) is 6.27. The first-order valence-electron chi connectivity index (χ1n) is 11.7. The summed E-state index contributed by atoms with van der Waals surface area (Å²) in [5.74, 6) is 0.0717. The number of imide groups is 1.